The molecule has 0 aliphatic carbocycles. The summed E-state index contributed by atoms with van der Waals surface area (Å²) in [6, 6.07) is 21.9. The summed E-state index contributed by atoms with van der Waals surface area (Å²) in [6.45, 7) is 4.35. The molecule has 4 rings (SSSR count). The van der Waals surface area contributed by atoms with Crippen LogP contribution in [0.5, 0.6) is 0 Å². The summed E-state index contributed by atoms with van der Waals surface area (Å²) in [7, 11) is 0. The highest BCUT2D eigenvalue weighted by atomic mass is 32.2. The fourth-order valence-corrected chi connectivity index (χ4v) is 3.96. The van der Waals surface area contributed by atoms with Crippen molar-refractivity contribution < 1.29 is 0 Å². The van der Waals surface area contributed by atoms with Crippen molar-refractivity contribution in [2.24, 2.45) is 5.92 Å². The number of hydrogen-bond donors (Lipinski definition) is 0. The number of hydrogen-bond acceptors (Lipinski definition) is 3. The van der Waals surface area contributed by atoms with E-state index >= 15 is 0 Å². The van der Waals surface area contributed by atoms with Gasteiger partial charge in [-0.1, -0.05) is 68.1 Å². The molecular weight excluding hydrogens is 340 g/mol. The van der Waals surface area contributed by atoms with Crippen LogP contribution in [0.3, 0.4) is 0 Å². The third kappa shape index (κ3) is 3.13. The summed E-state index contributed by atoms with van der Waals surface area (Å²) < 4.78 is 1.75. The van der Waals surface area contributed by atoms with Crippen LogP contribution < -0.4 is 5.56 Å². The molecule has 3 aromatic carbocycles. The second kappa shape index (κ2) is 6.96. The summed E-state index contributed by atoms with van der Waals surface area (Å²) in [4.78, 5) is 18.0. The predicted molar refractivity (Wildman–Crippen MR) is 110 cm³/mol. The molecule has 26 heavy (non-hydrogen) atoms. The van der Waals surface area contributed by atoms with Crippen molar-refractivity contribution >= 4 is 33.4 Å². The number of fused-ring (bicyclic) bond motifs is 2. The van der Waals surface area contributed by atoms with Crippen molar-refractivity contribution in [3.63, 3.8) is 0 Å². The van der Waals surface area contributed by atoms with Gasteiger partial charge in [0.05, 0.1) is 16.6 Å². The fraction of sp³-hybridized carbons (Fsp3) is 0.182. The molecule has 130 valence electrons. The van der Waals surface area contributed by atoms with E-state index in [1.165, 1.54) is 0 Å². The Hall–Kier alpha value is -2.59. The van der Waals surface area contributed by atoms with E-state index in [9.17, 15) is 4.79 Å². The zero-order chi connectivity index (χ0) is 18.1. The van der Waals surface area contributed by atoms with Gasteiger partial charge in [0.1, 0.15) is 0 Å². The van der Waals surface area contributed by atoms with Gasteiger partial charge in [0.2, 0.25) is 0 Å². The van der Waals surface area contributed by atoms with Crippen molar-refractivity contribution in [3.8, 4) is 5.69 Å². The molecule has 1 aromatic heterocycles. The predicted octanol–water partition coefficient (Wildman–Crippen LogP) is 5.29. The molecule has 0 saturated heterocycles. The largest absolute Gasteiger partial charge is 0.268 e. The van der Waals surface area contributed by atoms with E-state index in [1.54, 1.807) is 16.3 Å². The Kier molecular flexibility index (Phi) is 4.51. The lowest BCUT2D eigenvalue weighted by atomic mass is 10.1. The van der Waals surface area contributed by atoms with Gasteiger partial charge in [-0.2, -0.15) is 0 Å². The van der Waals surface area contributed by atoms with Crippen molar-refractivity contribution in [1.29, 1.82) is 0 Å². The summed E-state index contributed by atoms with van der Waals surface area (Å²) >= 11 is 1.64. The van der Waals surface area contributed by atoms with Crippen LogP contribution in [0.1, 0.15) is 13.8 Å². The van der Waals surface area contributed by atoms with Gasteiger partial charge in [0.25, 0.3) is 5.56 Å². The second-order valence-corrected chi connectivity index (χ2v) is 7.78. The summed E-state index contributed by atoms with van der Waals surface area (Å²) in [5.41, 5.74) is 1.59. The summed E-state index contributed by atoms with van der Waals surface area (Å²) in [5, 5.41) is 3.67. The van der Waals surface area contributed by atoms with Crippen molar-refractivity contribution in [2.45, 2.75) is 19.0 Å². The van der Waals surface area contributed by atoms with Gasteiger partial charge in [0, 0.05) is 5.75 Å². The average Bonchev–Trinajstić information content (AvgIpc) is 2.66. The first kappa shape index (κ1) is 16.9. The quantitative estimate of drug-likeness (QED) is 0.366. The van der Waals surface area contributed by atoms with E-state index in [0.29, 0.717) is 11.3 Å². The molecule has 3 nitrogen and oxygen atoms in total. The maximum Gasteiger partial charge on any atom is 0.266 e. The SMILES string of the molecule is CC(C)CSc1nc2ccccc2c(=O)n1-c1ccc2ccccc2c1. The van der Waals surface area contributed by atoms with Crippen LogP contribution in [0.15, 0.2) is 76.7 Å². The number of benzene rings is 3. The second-order valence-electron chi connectivity index (χ2n) is 6.79. The molecule has 1 heterocycles. The van der Waals surface area contributed by atoms with Crippen LogP contribution in [0.2, 0.25) is 0 Å². The molecule has 0 aliphatic heterocycles. The molecular formula is C22H20N2OS. The number of rotatable bonds is 4. The molecule has 0 aliphatic rings. The Labute approximate surface area is 156 Å². The minimum absolute atomic E-state index is 0.0165. The normalized spacial score (nSPS) is 11.5. The molecule has 0 N–H and O–H groups in total. The maximum absolute atomic E-state index is 13.2. The van der Waals surface area contributed by atoms with E-state index in [2.05, 4.69) is 38.1 Å². The lowest BCUT2D eigenvalue weighted by Gasteiger charge is -2.14. The van der Waals surface area contributed by atoms with Crippen LogP contribution in [-0.2, 0) is 0 Å². The van der Waals surface area contributed by atoms with Gasteiger partial charge in [-0.05, 0) is 41.0 Å². The minimum atomic E-state index is -0.0165. The molecule has 4 aromatic rings. The monoisotopic (exact) mass is 360 g/mol. The van der Waals surface area contributed by atoms with E-state index < -0.39 is 0 Å². The molecule has 0 unspecified atom stereocenters. The van der Waals surface area contributed by atoms with Crippen molar-refractivity contribution in [1.82, 2.24) is 9.55 Å². The van der Waals surface area contributed by atoms with Crippen LogP contribution in [0.4, 0.5) is 0 Å². The number of nitrogens with zero attached hydrogens (tertiary/aromatic N) is 2. The van der Waals surface area contributed by atoms with Crippen molar-refractivity contribution in [3.05, 3.63) is 77.1 Å². The summed E-state index contributed by atoms with van der Waals surface area (Å²) in [5.74, 6) is 1.44. The van der Waals surface area contributed by atoms with E-state index in [0.717, 1.165) is 32.9 Å². The van der Waals surface area contributed by atoms with Gasteiger partial charge in [-0.15, -0.1) is 0 Å². The highest BCUT2D eigenvalue weighted by Gasteiger charge is 2.14. The lowest BCUT2D eigenvalue weighted by molar-refractivity contribution is 0.742. The highest BCUT2D eigenvalue weighted by Crippen LogP contribution is 2.25. The van der Waals surface area contributed by atoms with Crippen LogP contribution in [-0.4, -0.2) is 15.3 Å². The molecule has 0 saturated carbocycles. The number of aromatic nitrogens is 2. The zero-order valence-corrected chi connectivity index (χ0v) is 15.7. The minimum Gasteiger partial charge on any atom is -0.268 e. The third-order valence-corrected chi connectivity index (χ3v) is 5.65. The van der Waals surface area contributed by atoms with Crippen LogP contribution >= 0.6 is 11.8 Å². The molecule has 4 heteroatoms. The highest BCUT2D eigenvalue weighted by molar-refractivity contribution is 7.99. The molecule has 0 amide bonds. The zero-order valence-electron chi connectivity index (χ0n) is 14.8. The molecule has 0 fully saturated rings. The Balaban J connectivity index is 1.97. The topological polar surface area (TPSA) is 34.9 Å². The van der Waals surface area contributed by atoms with Gasteiger partial charge < -0.3 is 0 Å². The third-order valence-electron chi connectivity index (χ3n) is 4.28. The first-order valence-corrected chi connectivity index (χ1v) is 9.76. The van der Waals surface area contributed by atoms with Gasteiger partial charge >= 0.3 is 0 Å². The smallest absolute Gasteiger partial charge is 0.266 e. The van der Waals surface area contributed by atoms with Crippen LogP contribution in [0, 0.1) is 5.92 Å². The van der Waals surface area contributed by atoms with Gasteiger partial charge in [-0.3, -0.25) is 9.36 Å². The van der Waals surface area contributed by atoms with Crippen LogP contribution in [0.25, 0.3) is 27.4 Å². The Bertz CT molecular complexity index is 1150. The Morgan fingerprint density at radius 3 is 2.50 bits per heavy atom. The fourth-order valence-electron chi connectivity index (χ4n) is 2.99. The molecule has 0 spiro atoms. The van der Waals surface area contributed by atoms with E-state index in [1.807, 2.05) is 42.5 Å². The average molecular weight is 360 g/mol. The standard InChI is InChI=1S/C22H20N2OS/c1-15(2)14-26-22-23-20-10-6-5-9-19(20)21(25)24(22)18-12-11-16-7-3-4-8-17(16)13-18/h3-13,15H,14H2,1-2H3. The Morgan fingerprint density at radius 1 is 0.962 bits per heavy atom. The lowest BCUT2D eigenvalue weighted by Crippen LogP contribution is -2.22. The number of thioether (sulfide) groups is 1. The van der Waals surface area contributed by atoms with Crippen molar-refractivity contribution in [2.75, 3.05) is 5.75 Å². The molecule has 0 radical (unpaired) electrons. The van der Waals surface area contributed by atoms with Gasteiger partial charge in [0.15, 0.2) is 5.16 Å². The Morgan fingerprint density at radius 2 is 1.69 bits per heavy atom. The number of para-hydroxylation sites is 1. The maximum atomic E-state index is 13.2. The molecule has 0 atom stereocenters. The first-order valence-electron chi connectivity index (χ1n) is 8.77. The van der Waals surface area contributed by atoms with E-state index in [4.69, 9.17) is 4.98 Å². The summed E-state index contributed by atoms with van der Waals surface area (Å²) in [6.07, 6.45) is 0. The first-order chi connectivity index (χ1) is 12.6. The van der Waals surface area contributed by atoms with E-state index in [-0.39, 0.29) is 5.56 Å². The molecule has 0 bridgehead atoms. The van der Waals surface area contributed by atoms with Gasteiger partial charge in [-0.25, -0.2) is 4.98 Å².